The van der Waals surface area contributed by atoms with Crippen LogP contribution in [0.3, 0.4) is 0 Å². The minimum atomic E-state index is -1.23. The van der Waals surface area contributed by atoms with Crippen LogP contribution in [0.25, 0.3) is 0 Å². The van der Waals surface area contributed by atoms with Gasteiger partial charge in [-0.1, -0.05) is 42.5 Å². The number of rotatable bonds is 9. The van der Waals surface area contributed by atoms with Gasteiger partial charge in [0.05, 0.1) is 34.9 Å². The number of carbonyl (C=O) groups is 3. The molecule has 0 radical (unpaired) electrons. The Balaban J connectivity index is 1.82. The molecule has 1 spiro atoms. The van der Waals surface area contributed by atoms with Crippen molar-refractivity contribution in [2.24, 2.45) is 11.8 Å². The average molecular weight is 503 g/mol. The van der Waals surface area contributed by atoms with Crippen LogP contribution in [0.1, 0.15) is 26.7 Å². The van der Waals surface area contributed by atoms with Crippen molar-refractivity contribution in [3.63, 3.8) is 0 Å². The largest absolute Gasteiger partial charge is 0.461 e. The first-order chi connectivity index (χ1) is 16.7. The first kappa shape index (κ1) is 25.4. The topological polar surface area (TPSA) is 96.4 Å². The quantitative estimate of drug-likeness (QED) is 0.412. The molecule has 8 nitrogen and oxygen atoms in total. The Labute approximate surface area is 210 Å². The fourth-order valence-corrected chi connectivity index (χ4v) is 6.29. The number of anilines is 1. The molecule has 0 aromatic heterocycles. The number of likely N-dealkylation sites (tertiary alicyclic amines) is 1. The number of nitrogens with zero attached hydrogens (tertiary/aromatic N) is 2. The molecule has 188 valence electrons. The molecule has 1 aromatic rings. The summed E-state index contributed by atoms with van der Waals surface area (Å²) in [6.07, 6.45) is 3.95. The fraction of sp³-hybridized carbons (Fsp3) is 0.500. The summed E-state index contributed by atoms with van der Waals surface area (Å²) in [4.78, 5) is 44.1. The van der Waals surface area contributed by atoms with E-state index in [-0.39, 0.29) is 19.8 Å². The third-order valence-electron chi connectivity index (χ3n) is 7.51. The lowest BCUT2D eigenvalue weighted by Crippen LogP contribution is -2.58. The van der Waals surface area contributed by atoms with Crippen LogP contribution >= 0.6 is 11.6 Å². The van der Waals surface area contributed by atoms with Crippen molar-refractivity contribution in [2.45, 2.75) is 50.0 Å². The second-order valence-electron chi connectivity index (χ2n) is 9.61. The highest BCUT2D eigenvalue weighted by atomic mass is 35.5. The second-order valence-corrected chi connectivity index (χ2v) is 10.0. The molecule has 4 rings (SSSR count). The summed E-state index contributed by atoms with van der Waals surface area (Å²) < 4.78 is 11.9. The number of esters is 1. The first-order valence-corrected chi connectivity index (χ1v) is 12.1. The maximum Gasteiger partial charge on any atom is 0.313 e. The number of halogens is 1. The number of hydrogen-bond donors (Lipinski definition) is 1. The van der Waals surface area contributed by atoms with E-state index in [1.807, 2.05) is 0 Å². The number of fused-ring (bicyclic) bond motifs is 1. The maximum atomic E-state index is 14.3. The predicted octanol–water partition coefficient (Wildman–Crippen LogP) is 2.73. The highest BCUT2D eigenvalue weighted by Crippen LogP contribution is 2.63. The number of benzene rings is 1. The molecule has 6 atom stereocenters. The van der Waals surface area contributed by atoms with Crippen LogP contribution in [0.4, 0.5) is 5.69 Å². The summed E-state index contributed by atoms with van der Waals surface area (Å²) in [5.74, 6) is -3.13. The van der Waals surface area contributed by atoms with Crippen molar-refractivity contribution < 1.29 is 29.0 Å². The molecule has 0 saturated carbocycles. The molecule has 1 aromatic carbocycles. The number of ether oxygens (including phenoxy) is 2. The zero-order chi connectivity index (χ0) is 25.5. The molecule has 3 fully saturated rings. The number of aliphatic hydroxyl groups excluding tert-OH is 1. The number of hydrogen-bond acceptors (Lipinski definition) is 6. The number of para-hydroxylation sites is 1. The van der Waals surface area contributed by atoms with E-state index >= 15 is 0 Å². The van der Waals surface area contributed by atoms with Gasteiger partial charge in [-0.05, 0) is 38.8 Å². The molecule has 35 heavy (non-hydrogen) atoms. The molecular formula is C26H31ClN2O6. The van der Waals surface area contributed by atoms with Crippen LogP contribution in [-0.2, 0) is 23.9 Å². The summed E-state index contributed by atoms with van der Waals surface area (Å²) >= 11 is 6.43. The van der Waals surface area contributed by atoms with Gasteiger partial charge in [0.15, 0.2) is 0 Å². The van der Waals surface area contributed by atoms with Gasteiger partial charge >= 0.3 is 5.97 Å². The second kappa shape index (κ2) is 9.41. The van der Waals surface area contributed by atoms with Crippen molar-refractivity contribution in [1.82, 2.24) is 4.90 Å². The Bertz CT molecular complexity index is 1060. The van der Waals surface area contributed by atoms with Gasteiger partial charge in [0, 0.05) is 6.54 Å². The molecule has 9 heteroatoms. The predicted molar refractivity (Wildman–Crippen MR) is 131 cm³/mol. The Morgan fingerprint density at radius 3 is 2.69 bits per heavy atom. The molecule has 2 amide bonds. The van der Waals surface area contributed by atoms with Crippen molar-refractivity contribution in [1.29, 1.82) is 0 Å². The van der Waals surface area contributed by atoms with E-state index in [1.165, 1.54) is 15.9 Å². The van der Waals surface area contributed by atoms with E-state index in [2.05, 4.69) is 13.2 Å². The zero-order valence-electron chi connectivity index (χ0n) is 20.0. The van der Waals surface area contributed by atoms with Gasteiger partial charge in [-0.3, -0.25) is 14.4 Å². The Hall–Kier alpha value is -2.68. The third kappa shape index (κ3) is 3.79. The van der Waals surface area contributed by atoms with Gasteiger partial charge in [-0.15, -0.1) is 6.58 Å². The van der Waals surface area contributed by atoms with Gasteiger partial charge in [0.2, 0.25) is 5.91 Å². The molecular weight excluding hydrogens is 472 g/mol. The summed E-state index contributed by atoms with van der Waals surface area (Å²) in [7, 11) is 0. The Morgan fingerprint density at radius 2 is 2.06 bits per heavy atom. The van der Waals surface area contributed by atoms with E-state index in [0.29, 0.717) is 23.6 Å². The van der Waals surface area contributed by atoms with Crippen LogP contribution in [0, 0.1) is 11.8 Å². The minimum absolute atomic E-state index is 0.0120. The van der Waals surface area contributed by atoms with Gasteiger partial charge in [0.1, 0.15) is 24.2 Å². The van der Waals surface area contributed by atoms with Crippen molar-refractivity contribution in [3.05, 3.63) is 54.6 Å². The SMILES string of the molecule is C=CCOC(=O)[C@@H]1[C@H]2C(=O)N([C@H](C)CO)C(C(=O)N(CC=C)c3ccccc3Cl)C23CC[C@@]1(C)O3. The molecule has 0 aliphatic carbocycles. The van der Waals surface area contributed by atoms with Crippen molar-refractivity contribution in [2.75, 3.05) is 24.7 Å². The molecule has 3 heterocycles. The molecule has 3 aliphatic rings. The molecule has 3 saturated heterocycles. The van der Waals surface area contributed by atoms with Crippen LogP contribution in [-0.4, -0.2) is 70.8 Å². The lowest BCUT2D eigenvalue weighted by atomic mass is 9.66. The maximum absolute atomic E-state index is 14.3. The van der Waals surface area contributed by atoms with Crippen molar-refractivity contribution >= 4 is 35.1 Å². The zero-order valence-corrected chi connectivity index (χ0v) is 20.7. The number of amides is 2. The van der Waals surface area contributed by atoms with Crippen LogP contribution < -0.4 is 4.90 Å². The molecule has 1 N–H and O–H groups in total. The third-order valence-corrected chi connectivity index (χ3v) is 7.83. The van der Waals surface area contributed by atoms with E-state index in [0.717, 1.165) is 0 Å². The van der Waals surface area contributed by atoms with Gasteiger partial charge in [0.25, 0.3) is 5.91 Å². The van der Waals surface area contributed by atoms with E-state index in [4.69, 9.17) is 21.1 Å². The average Bonchev–Trinajstić information content (AvgIpc) is 3.41. The molecule has 2 unspecified atom stereocenters. The van der Waals surface area contributed by atoms with Crippen molar-refractivity contribution in [3.8, 4) is 0 Å². The summed E-state index contributed by atoms with van der Waals surface area (Å²) in [6, 6.07) is 5.20. The van der Waals surface area contributed by atoms with Crippen LogP contribution in [0.5, 0.6) is 0 Å². The molecule has 3 aliphatic heterocycles. The number of aliphatic hydroxyl groups is 1. The Kier molecular flexibility index (Phi) is 6.83. The van der Waals surface area contributed by atoms with E-state index in [9.17, 15) is 19.5 Å². The highest BCUT2D eigenvalue weighted by molar-refractivity contribution is 6.34. The van der Waals surface area contributed by atoms with Gasteiger partial charge in [-0.2, -0.15) is 0 Å². The summed E-state index contributed by atoms with van der Waals surface area (Å²) in [5, 5.41) is 10.4. The molecule has 2 bridgehead atoms. The normalized spacial score (nSPS) is 31.7. The van der Waals surface area contributed by atoms with Gasteiger partial charge in [-0.25, -0.2) is 0 Å². The van der Waals surface area contributed by atoms with Crippen LogP contribution in [0.15, 0.2) is 49.6 Å². The standard InChI is InChI=1S/C26H31ClN2O6/c1-5-13-28(18-10-8-7-9-17(18)27)23(32)21-26-12-11-25(4,35-26)20(24(33)34-14-6-2)19(26)22(31)29(21)16(3)15-30/h5-10,16,19-21,30H,1-2,11-15H2,3-4H3/t16-,19+,20+,21?,25-,26?/m1/s1. The van der Waals surface area contributed by atoms with E-state index < -0.39 is 52.9 Å². The lowest BCUT2D eigenvalue weighted by molar-refractivity contribution is -0.159. The fourth-order valence-electron chi connectivity index (χ4n) is 6.05. The minimum Gasteiger partial charge on any atom is -0.461 e. The number of carbonyl (C=O) groups excluding carboxylic acids is 3. The summed E-state index contributed by atoms with van der Waals surface area (Å²) in [6.45, 7) is 10.6. The highest BCUT2D eigenvalue weighted by Gasteiger charge is 2.79. The van der Waals surface area contributed by atoms with Gasteiger partial charge < -0.3 is 24.4 Å². The summed E-state index contributed by atoms with van der Waals surface area (Å²) in [5.41, 5.74) is -1.70. The Morgan fingerprint density at radius 1 is 1.34 bits per heavy atom. The van der Waals surface area contributed by atoms with Crippen LogP contribution in [0.2, 0.25) is 5.02 Å². The smallest absolute Gasteiger partial charge is 0.313 e. The van der Waals surface area contributed by atoms with E-state index in [1.54, 1.807) is 44.2 Å². The first-order valence-electron chi connectivity index (χ1n) is 11.7. The lowest BCUT2D eigenvalue weighted by Gasteiger charge is -2.38. The monoisotopic (exact) mass is 502 g/mol.